The van der Waals surface area contributed by atoms with Crippen LogP contribution in [0.15, 0.2) is 52.1 Å². The summed E-state index contributed by atoms with van der Waals surface area (Å²) in [6.07, 6.45) is 1.54. The zero-order valence-corrected chi connectivity index (χ0v) is 19.0. The van der Waals surface area contributed by atoms with E-state index >= 15 is 0 Å². The fourth-order valence-electron chi connectivity index (χ4n) is 3.82. The van der Waals surface area contributed by atoms with Crippen molar-refractivity contribution in [2.75, 3.05) is 45.8 Å². The van der Waals surface area contributed by atoms with Crippen molar-refractivity contribution >= 4 is 11.9 Å². The third kappa shape index (κ3) is 6.10. The first-order chi connectivity index (χ1) is 15.2. The van der Waals surface area contributed by atoms with Gasteiger partial charge in [-0.25, -0.2) is 4.99 Å². The molecule has 1 aliphatic rings. The molecule has 1 fully saturated rings. The predicted octanol–water partition coefficient (Wildman–Crippen LogP) is 3.04. The van der Waals surface area contributed by atoms with Crippen molar-refractivity contribution in [1.82, 2.24) is 20.0 Å². The molecule has 0 aliphatic carbocycles. The first-order valence-electron chi connectivity index (χ1n) is 11.3. The van der Waals surface area contributed by atoms with Crippen LogP contribution in [0.4, 0.5) is 0 Å². The van der Waals surface area contributed by atoms with Gasteiger partial charge in [0, 0.05) is 39.3 Å². The fraction of sp³-hybridized carbons (Fsp3) is 0.500. The number of nitrogens with zero attached hydrogens (tertiary/aromatic N) is 4. The molecule has 168 valence electrons. The van der Waals surface area contributed by atoms with Crippen LogP contribution < -0.4 is 5.32 Å². The minimum Gasteiger partial charge on any atom is -0.459 e. The van der Waals surface area contributed by atoms with Crippen LogP contribution in [0.5, 0.6) is 0 Å². The van der Waals surface area contributed by atoms with Crippen LogP contribution in [-0.4, -0.2) is 72.4 Å². The van der Waals surface area contributed by atoms with E-state index in [4.69, 9.17) is 9.41 Å². The molecule has 0 radical (unpaired) electrons. The Kier molecular flexibility index (Phi) is 8.53. The maximum Gasteiger partial charge on any atom is 0.289 e. The van der Waals surface area contributed by atoms with Crippen LogP contribution in [0.1, 0.15) is 42.5 Å². The van der Waals surface area contributed by atoms with Gasteiger partial charge in [-0.2, -0.15) is 0 Å². The van der Waals surface area contributed by atoms with Crippen LogP contribution >= 0.6 is 0 Å². The Bertz CT molecular complexity index is 837. The van der Waals surface area contributed by atoms with Crippen molar-refractivity contribution in [3.8, 4) is 0 Å². The molecule has 0 saturated carbocycles. The normalized spacial score (nSPS) is 14.9. The van der Waals surface area contributed by atoms with E-state index in [0.29, 0.717) is 25.4 Å². The number of aliphatic imine (C=N–C) groups is 1. The molecule has 0 atom stereocenters. The molecule has 31 heavy (non-hydrogen) atoms. The van der Waals surface area contributed by atoms with E-state index in [2.05, 4.69) is 60.2 Å². The molecule has 7 heteroatoms. The topological polar surface area (TPSA) is 64.3 Å². The average molecular weight is 426 g/mol. The third-order valence-corrected chi connectivity index (χ3v) is 5.74. The summed E-state index contributed by atoms with van der Waals surface area (Å²) in [7, 11) is 0. The minimum atomic E-state index is -0.0445. The molecule has 0 spiro atoms. The molecule has 1 aromatic carbocycles. The highest BCUT2D eigenvalue weighted by atomic mass is 16.3. The molecule has 0 unspecified atom stereocenters. The van der Waals surface area contributed by atoms with E-state index in [0.717, 1.165) is 45.2 Å². The van der Waals surface area contributed by atoms with Crippen molar-refractivity contribution in [1.29, 1.82) is 0 Å². The lowest BCUT2D eigenvalue weighted by molar-refractivity contribution is 0.0657. The molecule has 1 aliphatic heterocycles. The van der Waals surface area contributed by atoms with Crippen LogP contribution in [-0.2, 0) is 13.1 Å². The van der Waals surface area contributed by atoms with Gasteiger partial charge in [-0.1, -0.05) is 38.1 Å². The summed E-state index contributed by atoms with van der Waals surface area (Å²) < 4.78 is 5.26. The highest BCUT2D eigenvalue weighted by molar-refractivity contribution is 5.91. The average Bonchev–Trinajstić information content (AvgIpc) is 3.35. The lowest BCUT2D eigenvalue weighted by Crippen LogP contribution is -2.53. The van der Waals surface area contributed by atoms with Crippen LogP contribution in [0.3, 0.4) is 0 Å². The van der Waals surface area contributed by atoms with Gasteiger partial charge in [0.05, 0.1) is 12.8 Å². The van der Waals surface area contributed by atoms with Gasteiger partial charge in [-0.15, -0.1) is 0 Å². The fourth-order valence-corrected chi connectivity index (χ4v) is 3.82. The van der Waals surface area contributed by atoms with Crippen molar-refractivity contribution in [3.63, 3.8) is 0 Å². The number of hydrogen-bond donors (Lipinski definition) is 1. The number of hydrogen-bond acceptors (Lipinski definition) is 4. The zero-order chi connectivity index (χ0) is 22.1. The standard InChI is InChI=1S/C24H35N5O2/c1-4-25-24(26-18-20-10-7-8-11-21(20)19-27(5-2)6-3)29-15-13-28(14-16-29)23(30)22-12-9-17-31-22/h7-12,17H,4-6,13-16,18-19H2,1-3H3,(H,25,26). The smallest absolute Gasteiger partial charge is 0.289 e. The highest BCUT2D eigenvalue weighted by Gasteiger charge is 2.25. The van der Waals surface area contributed by atoms with Crippen LogP contribution in [0, 0.1) is 0 Å². The maximum absolute atomic E-state index is 12.5. The number of carbonyl (C=O) groups is 1. The lowest BCUT2D eigenvalue weighted by Gasteiger charge is -2.36. The summed E-state index contributed by atoms with van der Waals surface area (Å²) in [5.74, 6) is 1.26. The third-order valence-electron chi connectivity index (χ3n) is 5.74. The second kappa shape index (κ2) is 11.6. The zero-order valence-electron chi connectivity index (χ0n) is 19.0. The van der Waals surface area contributed by atoms with Gasteiger partial charge in [0.15, 0.2) is 11.7 Å². The molecule has 2 heterocycles. The Morgan fingerprint density at radius 3 is 2.29 bits per heavy atom. The molecule has 1 aromatic heterocycles. The highest BCUT2D eigenvalue weighted by Crippen LogP contribution is 2.14. The van der Waals surface area contributed by atoms with Gasteiger partial charge < -0.3 is 19.5 Å². The first kappa shape index (κ1) is 22.9. The van der Waals surface area contributed by atoms with Gasteiger partial charge in [0.25, 0.3) is 5.91 Å². The van der Waals surface area contributed by atoms with E-state index in [-0.39, 0.29) is 5.91 Å². The quantitative estimate of drug-likeness (QED) is 0.520. The molecular weight excluding hydrogens is 390 g/mol. The van der Waals surface area contributed by atoms with Crippen LogP contribution in [0.25, 0.3) is 0 Å². The Morgan fingerprint density at radius 1 is 1.00 bits per heavy atom. The summed E-state index contributed by atoms with van der Waals surface area (Å²) in [5.41, 5.74) is 2.59. The number of rotatable bonds is 8. The summed E-state index contributed by atoms with van der Waals surface area (Å²) >= 11 is 0. The summed E-state index contributed by atoms with van der Waals surface area (Å²) in [4.78, 5) is 24.0. The SMILES string of the molecule is CCNC(=NCc1ccccc1CN(CC)CC)N1CCN(C(=O)c2ccco2)CC1. The maximum atomic E-state index is 12.5. The van der Waals surface area contributed by atoms with Crippen molar-refractivity contribution in [3.05, 3.63) is 59.5 Å². The number of nitrogens with one attached hydrogen (secondary N) is 1. The Hall–Kier alpha value is -2.80. The summed E-state index contributed by atoms with van der Waals surface area (Å²) in [5, 5.41) is 3.42. The van der Waals surface area contributed by atoms with Gasteiger partial charge in [-0.3, -0.25) is 9.69 Å². The molecular formula is C24H35N5O2. The number of benzene rings is 1. The van der Waals surface area contributed by atoms with Gasteiger partial charge in [0.1, 0.15) is 0 Å². The Labute approximate surface area is 185 Å². The van der Waals surface area contributed by atoms with Crippen molar-refractivity contribution < 1.29 is 9.21 Å². The number of furan rings is 1. The monoisotopic (exact) mass is 425 g/mol. The number of carbonyl (C=O) groups excluding carboxylic acids is 1. The first-order valence-corrected chi connectivity index (χ1v) is 11.3. The van der Waals surface area contributed by atoms with E-state index in [9.17, 15) is 4.79 Å². The van der Waals surface area contributed by atoms with Gasteiger partial charge in [0.2, 0.25) is 0 Å². The molecule has 7 nitrogen and oxygen atoms in total. The van der Waals surface area contributed by atoms with E-state index in [1.54, 1.807) is 12.1 Å². The van der Waals surface area contributed by atoms with Gasteiger partial charge >= 0.3 is 0 Å². The molecule has 1 amide bonds. The largest absolute Gasteiger partial charge is 0.459 e. The number of guanidine groups is 1. The van der Waals surface area contributed by atoms with Crippen LogP contribution in [0.2, 0.25) is 0 Å². The Morgan fingerprint density at radius 2 is 1.68 bits per heavy atom. The van der Waals surface area contributed by atoms with E-state index < -0.39 is 0 Å². The molecule has 2 aromatic rings. The summed E-state index contributed by atoms with van der Waals surface area (Å²) in [6, 6.07) is 12.0. The van der Waals surface area contributed by atoms with E-state index in [1.807, 2.05) is 4.90 Å². The summed E-state index contributed by atoms with van der Waals surface area (Å²) in [6.45, 7) is 13.8. The number of piperazine rings is 1. The van der Waals surface area contributed by atoms with E-state index in [1.165, 1.54) is 17.4 Å². The number of amides is 1. The molecule has 3 rings (SSSR count). The van der Waals surface area contributed by atoms with Crippen molar-refractivity contribution in [2.24, 2.45) is 4.99 Å². The Balaban J connectivity index is 1.64. The lowest BCUT2D eigenvalue weighted by atomic mass is 10.1. The second-order valence-corrected chi connectivity index (χ2v) is 7.66. The minimum absolute atomic E-state index is 0.0445. The molecule has 0 bridgehead atoms. The van der Waals surface area contributed by atoms with Gasteiger partial charge in [-0.05, 0) is 43.3 Å². The van der Waals surface area contributed by atoms with Crippen molar-refractivity contribution in [2.45, 2.75) is 33.9 Å². The predicted molar refractivity (Wildman–Crippen MR) is 124 cm³/mol. The second-order valence-electron chi connectivity index (χ2n) is 7.66. The molecule has 1 N–H and O–H groups in total. The molecule has 1 saturated heterocycles.